The van der Waals surface area contributed by atoms with Crippen molar-refractivity contribution in [2.75, 3.05) is 20.3 Å². The van der Waals surface area contributed by atoms with Gasteiger partial charge in [-0.15, -0.1) is 0 Å². The quantitative estimate of drug-likeness (QED) is 0.690. The molecule has 0 aliphatic heterocycles. The number of amides is 2. The number of methoxy groups -OCH3 is 1. The van der Waals surface area contributed by atoms with Crippen LogP contribution in [0.2, 0.25) is 0 Å². The summed E-state index contributed by atoms with van der Waals surface area (Å²) in [4.78, 5) is 31.1. The fourth-order valence-electron chi connectivity index (χ4n) is 2.64. The molecular formula is C21H27N3O3. The third-order valence-corrected chi connectivity index (χ3v) is 4.14. The molecule has 0 bridgehead atoms. The summed E-state index contributed by atoms with van der Waals surface area (Å²) in [5.41, 5.74) is 1.84. The normalized spacial score (nSPS) is 10.7. The topological polar surface area (TPSA) is 71.5 Å². The molecule has 1 N–H and O–H groups in total. The van der Waals surface area contributed by atoms with E-state index in [2.05, 4.69) is 10.3 Å². The van der Waals surface area contributed by atoms with Gasteiger partial charge in [-0.3, -0.25) is 14.6 Å². The van der Waals surface area contributed by atoms with E-state index in [4.69, 9.17) is 4.74 Å². The molecule has 0 unspecified atom stereocenters. The number of rotatable bonds is 9. The predicted molar refractivity (Wildman–Crippen MR) is 105 cm³/mol. The molecule has 6 heteroatoms. The van der Waals surface area contributed by atoms with Gasteiger partial charge < -0.3 is 15.0 Å². The second-order valence-electron chi connectivity index (χ2n) is 6.58. The van der Waals surface area contributed by atoms with E-state index in [1.807, 2.05) is 44.2 Å². The zero-order valence-electron chi connectivity index (χ0n) is 16.1. The lowest BCUT2D eigenvalue weighted by atomic mass is 10.1. The van der Waals surface area contributed by atoms with Crippen LogP contribution in [0.3, 0.4) is 0 Å². The highest BCUT2D eigenvalue weighted by molar-refractivity contribution is 5.99. The first-order chi connectivity index (χ1) is 13.0. The number of aromatic nitrogens is 1. The molecule has 0 atom stereocenters. The molecule has 27 heavy (non-hydrogen) atoms. The molecule has 0 spiro atoms. The van der Waals surface area contributed by atoms with E-state index in [-0.39, 0.29) is 17.9 Å². The minimum atomic E-state index is -0.243. The number of nitrogens with zero attached hydrogens (tertiary/aromatic N) is 2. The van der Waals surface area contributed by atoms with Crippen molar-refractivity contribution in [1.82, 2.24) is 15.2 Å². The Morgan fingerprint density at radius 1 is 1.15 bits per heavy atom. The molecule has 0 aliphatic carbocycles. The number of nitrogens with one attached hydrogen (secondary N) is 1. The zero-order chi connectivity index (χ0) is 19.6. The van der Waals surface area contributed by atoms with Gasteiger partial charge in [0.15, 0.2) is 0 Å². The summed E-state index contributed by atoms with van der Waals surface area (Å²) in [5.74, 6) is -0.386. The van der Waals surface area contributed by atoms with Crippen LogP contribution in [0, 0.1) is 0 Å². The fraction of sp³-hybridized carbons (Fsp3) is 0.381. The lowest BCUT2D eigenvalue weighted by Gasteiger charge is -2.27. The zero-order valence-corrected chi connectivity index (χ0v) is 16.1. The third kappa shape index (κ3) is 6.18. The van der Waals surface area contributed by atoms with Gasteiger partial charge in [-0.2, -0.15) is 0 Å². The van der Waals surface area contributed by atoms with E-state index in [1.165, 1.54) is 12.4 Å². The van der Waals surface area contributed by atoms with Gasteiger partial charge in [-0.25, -0.2) is 0 Å². The Morgan fingerprint density at radius 2 is 1.85 bits per heavy atom. The SMILES string of the molecule is COCCCNC(=O)c1cncc(C(=O)N(Cc2ccccc2)C(C)C)c1. The lowest BCUT2D eigenvalue weighted by Crippen LogP contribution is -2.36. The van der Waals surface area contributed by atoms with Crippen molar-refractivity contribution in [1.29, 1.82) is 0 Å². The number of hydrogen-bond acceptors (Lipinski definition) is 4. The maximum atomic E-state index is 13.0. The Bertz CT molecular complexity index is 747. The highest BCUT2D eigenvalue weighted by Crippen LogP contribution is 2.14. The van der Waals surface area contributed by atoms with E-state index in [0.29, 0.717) is 30.8 Å². The number of benzene rings is 1. The van der Waals surface area contributed by atoms with E-state index in [0.717, 1.165) is 12.0 Å². The number of carbonyl (C=O) groups is 2. The highest BCUT2D eigenvalue weighted by atomic mass is 16.5. The summed E-state index contributed by atoms with van der Waals surface area (Å²) >= 11 is 0. The van der Waals surface area contributed by atoms with Crippen LogP contribution < -0.4 is 5.32 Å². The largest absolute Gasteiger partial charge is 0.385 e. The molecule has 6 nitrogen and oxygen atoms in total. The second kappa shape index (κ2) is 10.4. The predicted octanol–water partition coefficient (Wildman–Crippen LogP) is 2.90. The Kier molecular flexibility index (Phi) is 7.95. The standard InChI is InChI=1S/C21H27N3O3/c1-16(2)24(15-17-8-5-4-6-9-17)21(26)19-12-18(13-22-14-19)20(25)23-10-7-11-27-3/h4-6,8-9,12-14,16H,7,10-11,15H2,1-3H3,(H,23,25). The first-order valence-corrected chi connectivity index (χ1v) is 9.10. The van der Waals surface area contributed by atoms with Gasteiger partial charge in [0, 0.05) is 45.2 Å². The van der Waals surface area contributed by atoms with Crippen LogP contribution in [0.25, 0.3) is 0 Å². The van der Waals surface area contributed by atoms with Gasteiger partial charge in [0.2, 0.25) is 0 Å². The summed E-state index contributed by atoms with van der Waals surface area (Å²) in [5, 5.41) is 2.81. The van der Waals surface area contributed by atoms with Gasteiger partial charge >= 0.3 is 0 Å². The van der Waals surface area contributed by atoms with Gasteiger partial charge in [0.05, 0.1) is 11.1 Å². The van der Waals surface area contributed by atoms with Crippen LogP contribution in [0.15, 0.2) is 48.8 Å². The monoisotopic (exact) mass is 369 g/mol. The number of pyridine rings is 1. The number of carbonyl (C=O) groups excluding carboxylic acids is 2. The Labute approximate surface area is 160 Å². The first kappa shape index (κ1) is 20.6. The van der Waals surface area contributed by atoms with Crippen molar-refractivity contribution in [3.63, 3.8) is 0 Å². The molecule has 2 amide bonds. The van der Waals surface area contributed by atoms with Crippen LogP contribution in [0.4, 0.5) is 0 Å². The molecule has 1 heterocycles. The Hall–Kier alpha value is -2.73. The molecule has 1 aromatic heterocycles. The average Bonchev–Trinajstić information content (AvgIpc) is 2.69. The fourth-order valence-corrected chi connectivity index (χ4v) is 2.64. The van der Waals surface area contributed by atoms with Gasteiger partial charge in [0.1, 0.15) is 0 Å². The summed E-state index contributed by atoms with van der Waals surface area (Å²) in [6, 6.07) is 11.5. The molecule has 2 rings (SSSR count). The number of ether oxygens (including phenoxy) is 1. The molecular weight excluding hydrogens is 342 g/mol. The van der Waals surface area contributed by atoms with Crippen molar-refractivity contribution < 1.29 is 14.3 Å². The van der Waals surface area contributed by atoms with Crippen molar-refractivity contribution >= 4 is 11.8 Å². The molecule has 144 valence electrons. The van der Waals surface area contributed by atoms with Crippen LogP contribution in [0.5, 0.6) is 0 Å². The lowest BCUT2D eigenvalue weighted by molar-refractivity contribution is 0.0690. The smallest absolute Gasteiger partial charge is 0.255 e. The molecule has 1 aromatic carbocycles. The van der Waals surface area contributed by atoms with Crippen molar-refractivity contribution in [3.05, 3.63) is 65.5 Å². The molecule has 2 aromatic rings. The van der Waals surface area contributed by atoms with Gasteiger partial charge in [0.25, 0.3) is 11.8 Å². The minimum Gasteiger partial charge on any atom is -0.385 e. The van der Waals surface area contributed by atoms with Crippen molar-refractivity contribution in [2.24, 2.45) is 0 Å². The third-order valence-electron chi connectivity index (χ3n) is 4.14. The van der Waals surface area contributed by atoms with Crippen LogP contribution in [0.1, 0.15) is 46.5 Å². The van der Waals surface area contributed by atoms with Gasteiger partial charge in [-0.1, -0.05) is 30.3 Å². The Balaban J connectivity index is 2.10. The van der Waals surface area contributed by atoms with Crippen LogP contribution in [-0.4, -0.2) is 48.0 Å². The molecule has 0 aliphatic rings. The average molecular weight is 369 g/mol. The first-order valence-electron chi connectivity index (χ1n) is 9.10. The summed E-state index contributed by atoms with van der Waals surface area (Å²) in [6.07, 6.45) is 3.70. The van der Waals surface area contributed by atoms with Crippen LogP contribution >= 0.6 is 0 Å². The molecule has 0 saturated carbocycles. The van der Waals surface area contributed by atoms with Crippen molar-refractivity contribution in [3.8, 4) is 0 Å². The summed E-state index contributed by atoms with van der Waals surface area (Å²) in [6.45, 7) is 5.54. The van der Waals surface area contributed by atoms with E-state index in [9.17, 15) is 9.59 Å². The van der Waals surface area contributed by atoms with E-state index >= 15 is 0 Å². The summed E-state index contributed by atoms with van der Waals surface area (Å²) < 4.78 is 4.96. The second-order valence-corrected chi connectivity index (χ2v) is 6.58. The van der Waals surface area contributed by atoms with E-state index in [1.54, 1.807) is 18.1 Å². The van der Waals surface area contributed by atoms with Gasteiger partial charge in [-0.05, 0) is 31.9 Å². The molecule has 0 fully saturated rings. The minimum absolute atomic E-state index is 0.0178. The van der Waals surface area contributed by atoms with Crippen LogP contribution in [-0.2, 0) is 11.3 Å². The van der Waals surface area contributed by atoms with Crippen molar-refractivity contribution in [2.45, 2.75) is 32.9 Å². The molecule has 0 radical (unpaired) electrons. The maximum Gasteiger partial charge on any atom is 0.255 e. The maximum absolute atomic E-state index is 13.0. The van der Waals surface area contributed by atoms with E-state index < -0.39 is 0 Å². The molecule has 0 saturated heterocycles. The Morgan fingerprint density at radius 3 is 2.52 bits per heavy atom. The number of hydrogen-bond donors (Lipinski definition) is 1. The highest BCUT2D eigenvalue weighted by Gasteiger charge is 2.20. The summed E-state index contributed by atoms with van der Waals surface area (Å²) in [7, 11) is 1.62.